The number of aryl methyl sites for hydroxylation is 3. The van der Waals surface area contributed by atoms with Gasteiger partial charge in [0.25, 0.3) is 0 Å². The van der Waals surface area contributed by atoms with Crippen LogP contribution in [0.4, 0.5) is 0 Å². The van der Waals surface area contributed by atoms with E-state index >= 15 is 0 Å². The van der Waals surface area contributed by atoms with E-state index < -0.39 is 0 Å². The Morgan fingerprint density at radius 1 is 1.00 bits per heavy atom. The van der Waals surface area contributed by atoms with Crippen LogP contribution in [-0.2, 0) is 13.1 Å². The maximum atomic E-state index is 4.53. The average Bonchev–Trinajstić information content (AvgIpc) is 3.00. The number of aliphatic imine (C=N–C) groups is 1. The zero-order chi connectivity index (χ0) is 19.2. The fraction of sp³-hybridized carbons (Fsp3) is 0.286. The molecule has 0 atom stereocenters. The molecule has 3 rings (SSSR count). The van der Waals surface area contributed by atoms with Crippen molar-refractivity contribution in [3.05, 3.63) is 76.7 Å². The predicted molar refractivity (Wildman–Crippen MR) is 124 cm³/mol. The third kappa shape index (κ3) is 5.79. The Hall–Kier alpha value is -2.42. The number of rotatable bonds is 5. The number of pyridine rings is 1. The SMILES string of the molecule is CN=C(NCc1ccc(-n2nc(C)cc2C)nc1)NCc1cccc(C)c1.I. The lowest BCUT2D eigenvalue weighted by Crippen LogP contribution is -2.36. The number of hydrogen-bond acceptors (Lipinski definition) is 3. The summed E-state index contributed by atoms with van der Waals surface area (Å²) in [6, 6.07) is 14.5. The van der Waals surface area contributed by atoms with Gasteiger partial charge >= 0.3 is 0 Å². The van der Waals surface area contributed by atoms with Crippen LogP contribution in [0.25, 0.3) is 5.82 Å². The first-order valence-corrected chi connectivity index (χ1v) is 9.04. The van der Waals surface area contributed by atoms with Gasteiger partial charge in [-0.1, -0.05) is 35.9 Å². The van der Waals surface area contributed by atoms with Crippen LogP contribution in [-0.4, -0.2) is 27.8 Å². The molecule has 7 heteroatoms. The van der Waals surface area contributed by atoms with Crippen molar-refractivity contribution in [3.8, 4) is 5.82 Å². The van der Waals surface area contributed by atoms with Crippen LogP contribution in [0.5, 0.6) is 0 Å². The maximum Gasteiger partial charge on any atom is 0.191 e. The minimum atomic E-state index is 0. The van der Waals surface area contributed by atoms with Gasteiger partial charge < -0.3 is 10.6 Å². The second kappa shape index (κ2) is 10.2. The minimum absolute atomic E-state index is 0. The molecule has 0 aliphatic carbocycles. The van der Waals surface area contributed by atoms with E-state index in [4.69, 9.17) is 0 Å². The highest BCUT2D eigenvalue weighted by Gasteiger charge is 2.05. The Balaban J connectivity index is 0.00000280. The van der Waals surface area contributed by atoms with E-state index in [1.165, 1.54) is 11.1 Å². The van der Waals surface area contributed by atoms with Crippen molar-refractivity contribution >= 4 is 29.9 Å². The van der Waals surface area contributed by atoms with Gasteiger partial charge in [0.05, 0.1) is 5.69 Å². The van der Waals surface area contributed by atoms with Crippen molar-refractivity contribution in [2.45, 2.75) is 33.9 Å². The van der Waals surface area contributed by atoms with Gasteiger partial charge in [0.1, 0.15) is 0 Å². The highest BCUT2D eigenvalue weighted by Crippen LogP contribution is 2.10. The smallest absolute Gasteiger partial charge is 0.191 e. The van der Waals surface area contributed by atoms with E-state index in [9.17, 15) is 0 Å². The molecular weight excluding hydrogens is 463 g/mol. The van der Waals surface area contributed by atoms with Gasteiger partial charge in [-0.2, -0.15) is 5.10 Å². The van der Waals surface area contributed by atoms with E-state index in [2.05, 4.69) is 63.0 Å². The predicted octanol–water partition coefficient (Wildman–Crippen LogP) is 3.68. The lowest BCUT2D eigenvalue weighted by molar-refractivity contribution is 0.790. The Morgan fingerprint density at radius 2 is 1.75 bits per heavy atom. The van der Waals surface area contributed by atoms with Crippen LogP contribution in [0.1, 0.15) is 28.1 Å². The molecule has 0 bridgehead atoms. The summed E-state index contributed by atoms with van der Waals surface area (Å²) in [6.45, 7) is 7.49. The molecule has 3 aromatic rings. The van der Waals surface area contributed by atoms with E-state index in [1.807, 2.05) is 36.9 Å². The number of nitrogens with one attached hydrogen (secondary N) is 2. The topological polar surface area (TPSA) is 67.1 Å². The van der Waals surface area contributed by atoms with E-state index in [0.29, 0.717) is 6.54 Å². The molecule has 2 N–H and O–H groups in total. The van der Waals surface area contributed by atoms with Gasteiger partial charge in [-0.3, -0.25) is 4.99 Å². The molecule has 0 aliphatic heterocycles. The molecule has 148 valence electrons. The average molecular weight is 490 g/mol. The quantitative estimate of drug-likeness (QED) is 0.326. The first-order chi connectivity index (χ1) is 13.0. The monoisotopic (exact) mass is 490 g/mol. The number of hydrogen-bond donors (Lipinski definition) is 2. The summed E-state index contributed by atoms with van der Waals surface area (Å²) in [7, 11) is 1.77. The van der Waals surface area contributed by atoms with Crippen molar-refractivity contribution in [2.75, 3.05) is 7.05 Å². The fourth-order valence-electron chi connectivity index (χ4n) is 2.92. The molecule has 2 aromatic heterocycles. The molecule has 6 nitrogen and oxygen atoms in total. The molecule has 0 saturated heterocycles. The van der Waals surface area contributed by atoms with E-state index in [-0.39, 0.29) is 24.0 Å². The van der Waals surface area contributed by atoms with Gasteiger partial charge in [-0.05, 0) is 44.0 Å². The van der Waals surface area contributed by atoms with Gasteiger partial charge in [0.2, 0.25) is 0 Å². The molecule has 0 fully saturated rings. The third-order valence-electron chi connectivity index (χ3n) is 4.26. The number of aromatic nitrogens is 3. The number of nitrogens with zero attached hydrogens (tertiary/aromatic N) is 4. The Bertz CT molecular complexity index is 930. The highest BCUT2D eigenvalue weighted by molar-refractivity contribution is 14.0. The molecule has 1 aromatic carbocycles. The molecule has 0 aliphatic rings. The summed E-state index contributed by atoms with van der Waals surface area (Å²) >= 11 is 0. The first kappa shape index (κ1) is 21.9. The Kier molecular flexibility index (Phi) is 7.98. The van der Waals surface area contributed by atoms with Crippen LogP contribution in [0.15, 0.2) is 53.7 Å². The van der Waals surface area contributed by atoms with Crippen LogP contribution in [0, 0.1) is 20.8 Å². The van der Waals surface area contributed by atoms with Crippen molar-refractivity contribution in [2.24, 2.45) is 4.99 Å². The van der Waals surface area contributed by atoms with Crippen molar-refractivity contribution < 1.29 is 0 Å². The number of guanidine groups is 1. The molecule has 0 unspecified atom stereocenters. The summed E-state index contributed by atoms with van der Waals surface area (Å²) in [6.07, 6.45) is 1.87. The summed E-state index contributed by atoms with van der Waals surface area (Å²) in [5, 5.41) is 11.1. The molecule has 28 heavy (non-hydrogen) atoms. The van der Waals surface area contributed by atoms with E-state index in [1.54, 1.807) is 7.05 Å². The third-order valence-corrected chi connectivity index (χ3v) is 4.26. The van der Waals surface area contributed by atoms with Crippen LogP contribution in [0.2, 0.25) is 0 Å². The fourth-order valence-corrected chi connectivity index (χ4v) is 2.92. The molecule has 0 saturated carbocycles. The largest absolute Gasteiger partial charge is 0.352 e. The lowest BCUT2D eigenvalue weighted by Gasteiger charge is -2.12. The Labute approximate surface area is 183 Å². The second-order valence-corrected chi connectivity index (χ2v) is 6.63. The molecular formula is C21H27IN6. The van der Waals surface area contributed by atoms with Crippen molar-refractivity contribution in [1.82, 2.24) is 25.4 Å². The first-order valence-electron chi connectivity index (χ1n) is 9.04. The summed E-state index contributed by atoms with van der Waals surface area (Å²) in [4.78, 5) is 8.81. The molecule has 0 spiro atoms. The number of benzene rings is 1. The molecule has 2 heterocycles. The minimum Gasteiger partial charge on any atom is -0.352 e. The zero-order valence-corrected chi connectivity index (χ0v) is 19.1. The molecule has 0 radical (unpaired) electrons. The summed E-state index contributed by atoms with van der Waals surface area (Å²) in [5.41, 5.74) is 5.63. The second-order valence-electron chi connectivity index (χ2n) is 6.63. The van der Waals surface area contributed by atoms with Gasteiger partial charge in [0.15, 0.2) is 11.8 Å². The maximum absolute atomic E-state index is 4.53. The number of halogens is 1. The standard InChI is InChI=1S/C21H26N6.HI/c1-15-6-5-7-18(10-15)12-24-21(22-4)25-14-19-8-9-20(23-13-19)27-17(3)11-16(2)26-27;/h5-11,13H,12,14H2,1-4H3,(H2,22,24,25);1H. The van der Waals surface area contributed by atoms with Crippen LogP contribution >= 0.6 is 24.0 Å². The van der Waals surface area contributed by atoms with Gasteiger partial charge in [0, 0.05) is 32.0 Å². The lowest BCUT2D eigenvalue weighted by atomic mass is 10.1. The molecule has 0 amide bonds. The summed E-state index contributed by atoms with van der Waals surface area (Å²) < 4.78 is 1.86. The van der Waals surface area contributed by atoms with Crippen molar-refractivity contribution in [1.29, 1.82) is 0 Å². The van der Waals surface area contributed by atoms with Gasteiger partial charge in [-0.25, -0.2) is 9.67 Å². The van der Waals surface area contributed by atoms with Crippen molar-refractivity contribution in [3.63, 3.8) is 0 Å². The van der Waals surface area contributed by atoms with Crippen LogP contribution in [0.3, 0.4) is 0 Å². The zero-order valence-electron chi connectivity index (χ0n) is 16.7. The van der Waals surface area contributed by atoms with Gasteiger partial charge in [-0.15, -0.1) is 24.0 Å². The normalized spacial score (nSPS) is 11.1. The summed E-state index contributed by atoms with van der Waals surface area (Å²) in [5.74, 6) is 1.59. The van der Waals surface area contributed by atoms with Crippen LogP contribution < -0.4 is 10.6 Å². The highest BCUT2D eigenvalue weighted by atomic mass is 127. The Morgan fingerprint density at radius 3 is 2.32 bits per heavy atom. The van der Waals surface area contributed by atoms with E-state index in [0.717, 1.165) is 35.3 Å².